The Balaban J connectivity index is 2.59. The van der Waals surface area contributed by atoms with Crippen LogP contribution in [0.1, 0.15) is 25.5 Å². The predicted octanol–water partition coefficient (Wildman–Crippen LogP) is 1.38. The number of nitrogens with two attached hydrogens (primary N) is 1. The lowest BCUT2D eigenvalue weighted by molar-refractivity contribution is -0.124. The van der Waals surface area contributed by atoms with E-state index in [1.165, 1.54) is 18.2 Å². The van der Waals surface area contributed by atoms with Gasteiger partial charge in [-0.05, 0) is 32.0 Å². The standard InChI is InChI=1S/C14H21FN2O3/c1-9(7-19-3)17-14(18)8-20-13-5-4-11(15)6-12(13)10(2)16/h4-6,9-10H,7-8,16H2,1-3H3,(H,17,18). The molecule has 6 heteroatoms. The smallest absolute Gasteiger partial charge is 0.258 e. The molecule has 1 aromatic carbocycles. The molecule has 0 spiro atoms. The molecule has 1 rings (SSSR count). The minimum absolute atomic E-state index is 0.0998. The van der Waals surface area contributed by atoms with Gasteiger partial charge in [-0.3, -0.25) is 4.79 Å². The van der Waals surface area contributed by atoms with Crippen LogP contribution in [-0.4, -0.2) is 32.3 Å². The second-order valence-corrected chi connectivity index (χ2v) is 4.68. The summed E-state index contributed by atoms with van der Waals surface area (Å²) in [7, 11) is 1.56. The number of methoxy groups -OCH3 is 1. The van der Waals surface area contributed by atoms with Crippen LogP contribution in [0.25, 0.3) is 0 Å². The van der Waals surface area contributed by atoms with Gasteiger partial charge in [0, 0.05) is 24.8 Å². The number of benzene rings is 1. The van der Waals surface area contributed by atoms with E-state index in [9.17, 15) is 9.18 Å². The highest BCUT2D eigenvalue weighted by molar-refractivity contribution is 5.77. The first-order chi connectivity index (χ1) is 9.43. The first-order valence-electron chi connectivity index (χ1n) is 6.40. The zero-order chi connectivity index (χ0) is 15.1. The normalized spacial score (nSPS) is 13.7. The molecule has 0 fully saturated rings. The van der Waals surface area contributed by atoms with Gasteiger partial charge < -0.3 is 20.5 Å². The van der Waals surface area contributed by atoms with Crippen LogP contribution < -0.4 is 15.8 Å². The minimum atomic E-state index is -0.386. The van der Waals surface area contributed by atoms with E-state index in [2.05, 4.69) is 5.32 Å². The molecule has 0 radical (unpaired) electrons. The highest BCUT2D eigenvalue weighted by Crippen LogP contribution is 2.24. The molecular weight excluding hydrogens is 263 g/mol. The monoisotopic (exact) mass is 284 g/mol. The molecule has 5 nitrogen and oxygen atoms in total. The van der Waals surface area contributed by atoms with Crippen molar-refractivity contribution < 1.29 is 18.7 Å². The third-order valence-corrected chi connectivity index (χ3v) is 2.65. The summed E-state index contributed by atoms with van der Waals surface area (Å²) in [5.74, 6) is -0.242. The van der Waals surface area contributed by atoms with Crippen LogP contribution in [0.4, 0.5) is 4.39 Å². The summed E-state index contributed by atoms with van der Waals surface area (Å²) in [5.41, 5.74) is 6.28. The maximum absolute atomic E-state index is 13.2. The first kappa shape index (κ1) is 16.4. The molecule has 3 N–H and O–H groups in total. The Morgan fingerprint density at radius 3 is 2.75 bits per heavy atom. The van der Waals surface area contributed by atoms with E-state index in [1.807, 2.05) is 6.92 Å². The Morgan fingerprint density at radius 2 is 2.15 bits per heavy atom. The summed E-state index contributed by atoms with van der Waals surface area (Å²) < 4.78 is 23.5. The largest absolute Gasteiger partial charge is 0.483 e. The Morgan fingerprint density at radius 1 is 1.45 bits per heavy atom. The van der Waals surface area contributed by atoms with Crippen LogP contribution in [0, 0.1) is 5.82 Å². The van der Waals surface area contributed by atoms with Crippen molar-refractivity contribution in [2.45, 2.75) is 25.9 Å². The van der Waals surface area contributed by atoms with E-state index in [1.54, 1.807) is 14.0 Å². The van der Waals surface area contributed by atoms with E-state index < -0.39 is 0 Å². The van der Waals surface area contributed by atoms with Gasteiger partial charge in [0.1, 0.15) is 11.6 Å². The van der Waals surface area contributed by atoms with Gasteiger partial charge in [-0.25, -0.2) is 4.39 Å². The molecule has 0 heterocycles. The van der Waals surface area contributed by atoms with Gasteiger partial charge in [0.2, 0.25) is 0 Å². The quantitative estimate of drug-likeness (QED) is 0.793. The molecule has 0 saturated heterocycles. The van der Waals surface area contributed by atoms with Gasteiger partial charge in [-0.1, -0.05) is 0 Å². The summed E-state index contributed by atoms with van der Waals surface area (Å²) in [5, 5.41) is 2.72. The number of carbonyl (C=O) groups is 1. The molecule has 1 aromatic rings. The number of nitrogens with one attached hydrogen (secondary N) is 1. The summed E-state index contributed by atoms with van der Waals surface area (Å²) in [4.78, 5) is 11.7. The number of ether oxygens (including phenoxy) is 2. The van der Waals surface area contributed by atoms with Crippen molar-refractivity contribution in [1.82, 2.24) is 5.32 Å². The molecule has 0 aliphatic heterocycles. The maximum atomic E-state index is 13.2. The van der Waals surface area contributed by atoms with Crippen LogP contribution in [0.5, 0.6) is 5.75 Å². The van der Waals surface area contributed by atoms with Crippen molar-refractivity contribution in [2.75, 3.05) is 20.3 Å². The van der Waals surface area contributed by atoms with Crippen LogP contribution >= 0.6 is 0 Å². The zero-order valence-electron chi connectivity index (χ0n) is 12.0. The van der Waals surface area contributed by atoms with Crippen molar-refractivity contribution in [2.24, 2.45) is 5.73 Å². The molecule has 0 aromatic heterocycles. The van der Waals surface area contributed by atoms with Crippen molar-refractivity contribution in [3.63, 3.8) is 0 Å². The average molecular weight is 284 g/mol. The molecule has 0 aliphatic rings. The molecule has 0 bridgehead atoms. The van der Waals surface area contributed by atoms with Crippen LogP contribution in [0.15, 0.2) is 18.2 Å². The summed E-state index contributed by atoms with van der Waals surface area (Å²) in [6, 6.07) is 3.58. The molecule has 20 heavy (non-hydrogen) atoms. The van der Waals surface area contributed by atoms with Crippen LogP contribution in [0.3, 0.4) is 0 Å². The van der Waals surface area contributed by atoms with E-state index in [0.717, 1.165) is 0 Å². The lowest BCUT2D eigenvalue weighted by Crippen LogP contribution is -2.38. The summed E-state index contributed by atoms with van der Waals surface area (Å²) >= 11 is 0. The second-order valence-electron chi connectivity index (χ2n) is 4.68. The number of rotatable bonds is 7. The highest BCUT2D eigenvalue weighted by atomic mass is 19.1. The van der Waals surface area contributed by atoms with Gasteiger partial charge in [0.05, 0.1) is 6.61 Å². The molecule has 1 amide bonds. The van der Waals surface area contributed by atoms with Gasteiger partial charge in [0.25, 0.3) is 5.91 Å². The molecule has 2 unspecified atom stereocenters. The molecular formula is C14H21FN2O3. The Labute approximate surface area is 118 Å². The number of hydrogen-bond donors (Lipinski definition) is 2. The van der Waals surface area contributed by atoms with Gasteiger partial charge in [0.15, 0.2) is 6.61 Å². The van der Waals surface area contributed by atoms with Gasteiger partial charge in [-0.15, -0.1) is 0 Å². The number of amides is 1. The number of hydrogen-bond acceptors (Lipinski definition) is 4. The van der Waals surface area contributed by atoms with E-state index in [0.29, 0.717) is 17.9 Å². The van der Waals surface area contributed by atoms with Crippen molar-refractivity contribution in [1.29, 1.82) is 0 Å². The fraction of sp³-hybridized carbons (Fsp3) is 0.500. The van der Waals surface area contributed by atoms with Gasteiger partial charge in [-0.2, -0.15) is 0 Å². The SMILES string of the molecule is COCC(C)NC(=O)COc1ccc(F)cc1C(C)N. The number of halogens is 1. The zero-order valence-corrected chi connectivity index (χ0v) is 12.0. The summed E-state index contributed by atoms with van der Waals surface area (Å²) in [6.07, 6.45) is 0. The fourth-order valence-corrected chi connectivity index (χ4v) is 1.76. The van der Waals surface area contributed by atoms with E-state index in [4.69, 9.17) is 15.2 Å². The maximum Gasteiger partial charge on any atom is 0.258 e. The van der Waals surface area contributed by atoms with Crippen molar-refractivity contribution in [3.8, 4) is 5.75 Å². The first-order valence-corrected chi connectivity index (χ1v) is 6.40. The number of carbonyl (C=O) groups excluding carboxylic acids is 1. The lowest BCUT2D eigenvalue weighted by Gasteiger charge is -2.16. The molecule has 0 saturated carbocycles. The topological polar surface area (TPSA) is 73.6 Å². The summed E-state index contributed by atoms with van der Waals surface area (Å²) in [6.45, 7) is 3.82. The lowest BCUT2D eigenvalue weighted by atomic mass is 10.1. The fourth-order valence-electron chi connectivity index (χ4n) is 1.76. The minimum Gasteiger partial charge on any atom is -0.483 e. The third kappa shape index (κ3) is 5.14. The Hall–Kier alpha value is -1.66. The molecule has 2 atom stereocenters. The van der Waals surface area contributed by atoms with Gasteiger partial charge >= 0.3 is 0 Å². The average Bonchev–Trinajstić information content (AvgIpc) is 2.37. The Bertz CT molecular complexity index is 452. The van der Waals surface area contributed by atoms with Crippen LogP contribution in [0.2, 0.25) is 0 Å². The third-order valence-electron chi connectivity index (χ3n) is 2.65. The van der Waals surface area contributed by atoms with Crippen LogP contribution in [-0.2, 0) is 9.53 Å². The van der Waals surface area contributed by atoms with Crippen molar-refractivity contribution >= 4 is 5.91 Å². The van der Waals surface area contributed by atoms with Crippen molar-refractivity contribution in [3.05, 3.63) is 29.6 Å². The second kappa shape index (κ2) is 7.81. The van der Waals surface area contributed by atoms with E-state index >= 15 is 0 Å². The van der Waals surface area contributed by atoms with E-state index in [-0.39, 0.29) is 30.4 Å². The predicted molar refractivity (Wildman–Crippen MR) is 74.0 cm³/mol. The molecule has 112 valence electrons. The molecule has 0 aliphatic carbocycles. The Kier molecular flexibility index (Phi) is 6.41. The highest BCUT2D eigenvalue weighted by Gasteiger charge is 2.12.